The lowest BCUT2D eigenvalue weighted by molar-refractivity contribution is -0.119. The summed E-state index contributed by atoms with van der Waals surface area (Å²) in [7, 11) is 0. The van der Waals surface area contributed by atoms with Crippen LogP contribution in [-0.2, 0) is 11.3 Å². The number of carbonyl (C=O) groups is 3. The number of ketones is 1. The van der Waals surface area contributed by atoms with E-state index in [4.69, 9.17) is 0 Å². The molecule has 0 unspecified atom stereocenters. The van der Waals surface area contributed by atoms with Crippen molar-refractivity contribution in [1.29, 1.82) is 0 Å². The molecule has 2 amide bonds. The van der Waals surface area contributed by atoms with Crippen LogP contribution in [0.5, 0.6) is 0 Å². The quantitative estimate of drug-likeness (QED) is 0.470. The van der Waals surface area contributed by atoms with Gasteiger partial charge in [0.2, 0.25) is 0 Å². The molecule has 3 rings (SSSR count). The predicted octanol–water partition coefficient (Wildman–Crippen LogP) is 5.09. The number of anilines is 1. The second kappa shape index (κ2) is 9.49. The molecule has 2 aromatic rings. The molecule has 0 saturated heterocycles. The lowest BCUT2D eigenvalue weighted by Gasteiger charge is -2.36. The van der Waals surface area contributed by atoms with E-state index in [-0.39, 0.29) is 11.5 Å². The van der Waals surface area contributed by atoms with Crippen molar-refractivity contribution in [1.82, 2.24) is 9.88 Å². The highest BCUT2D eigenvalue weighted by molar-refractivity contribution is 6.43. The van der Waals surface area contributed by atoms with Crippen molar-refractivity contribution in [3.8, 4) is 0 Å². The molecule has 1 aliphatic carbocycles. The highest BCUT2D eigenvalue weighted by atomic mass is 19.1. The van der Waals surface area contributed by atoms with E-state index in [1.165, 1.54) is 12.1 Å². The maximum atomic E-state index is 13.6. The molecule has 7 heteroatoms. The highest BCUT2D eigenvalue weighted by Crippen LogP contribution is 2.32. The second-order valence-electron chi connectivity index (χ2n) is 9.62. The number of amides is 2. The van der Waals surface area contributed by atoms with E-state index in [0.717, 1.165) is 25.7 Å². The van der Waals surface area contributed by atoms with Crippen molar-refractivity contribution >= 4 is 23.3 Å². The van der Waals surface area contributed by atoms with Gasteiger partial charge in [-0.05, 0) is 95.5 Å². The molecule has 2 N–H and O–H groups in total. The Morgan fingerprint density at radius 1 is 1.15 bits per heavy atom. The van der Waals surface area contributed by atoms with E-state index in [2.05, 4.69) is 17.6 Å². The molecule has 1 aromatic carbocycles. The molecule has 1 fully saturated rings. The average molecular weight is 456 g/mol. The Morgan fingerprint density at radius 2 is 1.79 bits per heavy atom. The zero-order valence-corrected chi connectivity index (χ0v) is 20.4. The summed E-state index contributed by atoms with van der Waals surface area (Å²) in [6.07, 6.45) is 3.71. The van der Waals surface area contributed by atoms with E-state index >= 15 is 0 Å². The number of halogens is 1. The van der Waals surface area contributed by atoms with E-state index in [9.17, 15) is 18.8 Å². The van der Waals surface area contributed by atoms with Crippen LogP contribution in [-0.4, -0.2) is 27.7 Å². The number of rotatable bonds is 6. The van der Waals surface area contributed by atoms with Crippen LogP contribution in [0, 0.1) is 32.5 Å². The number of aromatic nitrogens is 1. The number of nitrogens with one attached hydrogen (secondary N) is 2. The summed E-state index contributed by atoms with van der Waals surface area (Å²) in [5.74, 6) is -1.39. The monoisotopic (exact) mass is 455 g/mol. The fourth-order valence-electron chi connectivity index (χ4n) is 4.80. The summed E-state index contributed by atoms with van der Waals surface area (Å²) in [5.41, 5.74) is 2.16. The Bertz CT molecular complexity index is 1090. The smallest absolute Gasteiger partial charge is 0.294 e. The van der Waals surface area contributed by atoms with Gasteiger partial charge in [-0.15, -0.1) is 0 Å². The predicted molar refractivity (Wildman–Crippen MR) is 127 cm³/mol. The molecule has 1 aliphatic rings. The summed E-state index contributed by atoms with van der Waals surface area (Å²) in [6, 6.07) is 4.35. The summed E-state index contributed by atoms with van der Waals surface area (Å²) in [6.45, 7) is 11.6. The van der Waals surface area contributed by atoms with Gasteiger partial charge in [0.15, 0.2) is 0 Å². The summed E-state index contributed by atoms with van der Waals surface area (Å²) >= 11 is 0. The van der Waals surface area contributed by atoms with Crippen LogP contribution in [0.15, 0.2) is 18.2 Å². The highest BCUT2D eigenvalue weighted by Gasteiger charge is 2.35. The second-order valence-corrected chi connectivity index (χ2v) is 9.62. The Kier molecular flexibility index (Phi) is 7.10. The van der Waals surface area contributed by atoms with Gasteiger partial charge in [0.25, 0.3) is 17.6 Å². The molecule has 1 aromatic heterocycles. The minimum Gasteiger partial charge on any atom is -0.344 e. The molecule has 1 saturated carbocycles. The van der Waals surface area contributed by atoms with Crippen LogP contribution in [0.3, 0.4) is 0 Å². The fraction of sp³-hybridized carbons (Fsp3) is 0.500. The average Bonchev–Trinajstić information content (AvgIpc) is 3.01. The Hall–Kier alpha value is -2.96. The van der Waals surface area contributed by atoms with E-state index in [0.29, 0.717) is 40.5 Å². The van der Waals surface area contributed by atoms with Crippen molar-refractivity contribution in [2.45, 2.75) is 79.3 Å². The van der Waals surface area contributed by atoms with Crippen molar-refractivity contribution in [2.75, 3.05) is 5.32 Å². The van der Waals surface area contributed by atoms with Gasteiger partial charge < -0.3 is 15.2 Å². The first-order valence-corrected chi connectivity index (χ1v) is 11.6. The van der Waals surface area contributed by atoms with Gasteiger partial charge >= 0.3 is 0 Å². The standard InChI is InChI=1S/C26H34FN3O3/c1-7-30-18(5)21(24(32)28-19-8-9-20(27)16(3)14-19)17(4)22(30)23(31)25(33)29-26(6)12-10-15(2)11-13-26/h8-9,14-15H,7,10-13H2,1-6H3,(H,28,32)(H,29,33). The van der Waals surface area contributed by atoms with Crippen LogP contribution >= 0.6 is 0 Å². The number of hydrogen-bond donors (Lipinski definition) is 2. The zero-order valence-electron chi connectivity index (χ0n) is 20.4. The van der Waals surface area contributed by atoms with Crippen LogP contribution < -0.4 is 10.6 Å². The summed E-state index contributed by atoms with van der Waals surface area (Å²) < 4.78 is 15.3. The fourth-order valence-corrected chi connectivity index (χ4v) is 4.80. The van der Waals surface area contributed by atoms with Crippen LogP contribution in [0.25, 0.3) is 0 Å². The minimum atomic E-state index is -0.636. The summed E-state index contributed by atoms with van der Waals surface area (Å²) in [5, 5.41) is 5.75. The number of carbonyl (C=O) groups excluding carboxylic acids is 3. The van der Waals surface area contributed by atoms with Gasteiger partial charge in [-0.2, -0.15) is 0 Å². The third-order valence-corrected chi connectivity index (χ3v) is 6.94. The van der Waals surface area contributed by atoms with Crippen LogP contribution in [0.4, 0.5) is 10.1 Å². The SMILES string of the molecule is CCn1c(C)c(C(=O)Nc2ccc(F)c(C)c2)c(C)c1C(=O)C(=O)NC1(C)CCC(C)CC1. The Balaban J connectivity index is 1.87. The molecule has 33 heavy (non-hydrogen) atoms. The van der Waals surface area contributed by atoms with Gasteiger partial charge in [0, 0.05) is 23.5 Å². The molecule has 0 radical (unpaired) electrons. The molecular weight excluding hydrogens is 421 g/mol. The topological polar surface area (TPSA) is 80.2 Å². The van der Waals surface area contributed by atoms with Gasteiger partial charge in [0.05, 0.1) is 11.3 Å². The maximum Gasteiger partial charge on any atom is 0.294 e. The molecule has 6 nitrogen and oxygen atoms in total. The van der Waals surface area contributed by atoms with Gasteiger partial charge in [-0.1, -0.05) is 6.92 Å². The lowest BCUT2D eigenvalue weighted by Crippen LogP contribution is -2.50. The van der Waals surface area contributed by atoms with Crippen molar-refractivity contribution in [2.24, 2.45) is 5.92 Å². The minimum absolute atomic E-state index is 0.237. The normalized spacial score (nSPS) is 20.4. The molecule has 0 bridgehead atoms. The van der Waals surface area contributed by atoms with Gasteiger partial charge in [-0.3, -0.25) is 14.4 Å². The third kappa shape index (κ3) is 5.02. The molecular formula is C26H34FN3O3. The molecule has 0 aliphatic heterocycles. The van der Waals surface area contributed by atoms with Crippen molar-refractivity contribution in [3.05, 3.63) is 52.1 Å². The maximum absolute atomic E-state index is 13.6. The summed E-state index contributed by atoms with van der Waals surface area (Å²) in [4.78, 5) is 39.3. The third-order valence-electron chi connectivity index (χ3n) is 6.94. The molecule has 1 heterocycles. The zero-order chi connectivity index (χ0) is 24.5. The Morgan fingerprint density at radius 3 is 2.36 bits per heavy atom. The van der Waals surface area contributed by atoms with Crippen molar-refractivity contribution in [3.63, 3.8) is 0 Å². The lowest BCUT2D eigenvalue weighted by atomic mass is 9.78. The number of Topliss-reactive ketones (excluding diaryl/α,β-unsaturated/α-hetero) is 1. The van der Waals surface area contributed by atoms with Gasteiger partial charge in [0.1, 0.15) is 5.82 Å². The number of hydrogen-bond acceptors (Lipinski definition) is 3. The molecule has 0 atom stereocenters. The van der Waals surface area contributed by atoms with Crippen LogP contribution in [0.2, 0.25) is 0 Å². The molecule has 0 spiro atoms. The van der Waals surface area contributed by atoms with E-state index in [1.807, 2.05) is 13.8 Å². The Labute approximate surface area is 194 Å². The van der Waals surface area contributed by atoms with Gasteiger partial charge in [-0.25, -0.2) is 4.39 Å². The van der Waals surface area contributed by atoms with Crippen molar-refractivity contribution < 1.29 is 18.8 Å². The first-order chi connectivity index (χ1) is 15.5. The van der Waals surface area contributed by atoms with E-state index in [1.54, 1.807) is 31.4 Å². The number of aryl methyl sites for hydroxylation is 1. The molecule has 178 valence electrons. The van der Waals surface area contributed by atoms with Crippen LogP contribution in [0.1, 0.15) is 84.1 Å². The number of benzene rings is 1. The largest absolute Gasteiger partial charge is 0.344 e. The van der Waals surface area contributed by atoms with E-state index < -0.39 is 23.1 Å². The first kappa shape index (κ1) is 24.7. The number of nitrogens with zero attached hydrogens (tertiary/aromatic N) is 1. The first-order valence-electron chi connectivity index (χ1n) is 11.6.